The maximum absolute atomic E-state index is 11.2. The lowest BCUT2D eigenvalue weighted by atomic mass is 10.0. The van der Waals surface area contributed by atoms with Crippen molar-refractivity contribution in [3.8, 4) is 0 Å². The molecule has 5 unspecified atom stereocenters. The minimum atomic E-state index is -1.65. The third-order valence-electron chi connectivity index (χ3n) is 3.41. The largest absolute Gasteiger partial charge is 0.394 e. The van der Waals surface area contributed by atoms with Crippen molar-refractivity contribution < 1.29 is 30.3 Å². The van der Waals surface area contributed by atoms with Crippen LogP contribution in [0.5, 0.6) is 0 Å². The molecule has 0 fully saturated rings. The molecule has 130 valence electrons. The van der Waals surface area contributed by atoms with E-state index < -0.39 is 31.0 Å². The van der Waals surface area contributed by atoms with Crippen LogP contribution in [0.3, 0.4) is 0 Å². The molecule has 0 saturated carbocycles. The first kappa shape index (κ1) is 21.1. The number of likely N-dealkylation sites (N-methyl/N-ethyl adjacent to an activating group) is 1. The number of aliphatic hydroxyl groups is 5. The zero-order valence-corrected chi connectivity index (χ0v) is 13.1. The summed E-state index contributed by atoms with van der Waals surface area (Å²) in [5, 5.41) is 49.3. The molecule has 5 atom stereocenters. The summed E-state index contributed by atoms with van der Waals surface area (Å²) in [6.45, 7) is 1.23. The molecule has 0 aliphatic rings. The number of Topliss-reactive ketones (excluding diaryl/α,β-unsaturated/α-hetero) is 1. The SMILES string of the molecule is CNC(CCCC/N=C/C(O)C(O)C(O)C(O)CO)C(C)=O. The van der Waals surface area contributed by atoms with Crippen LogP contribution in [0, 0.1) is 0 Å². The molecule has 0 amide bonds. The highest BCUT2D eigenvalue weighted by atomic mass is 16.4. The second-order valence-electron chi connectivity index (χ2n) is 5.22. The number of carbonyl (C=O) groups excluding carboxylic acids is 1. The fourth-order valence-electron chi connectivity index (χ4n) is 1.91. The van der Waals surface area contributed by atoms with Gasteiger partial charge in [-0.1, -0.05) is 0 Å². The summed E-state index contributed by atoms with van der Waals surface area (Å²) in [6, 6.07) is -0.161. The van der Waals surface area contributed by atoms with E-state index in [1.54, 1.807) is 7.05 Å². The van der Waals surface area contributed by atoms with Crippen molar-refractivity contribution in [1.29, 1.82) is 0 Å². The molecule has 8 heteroatoms. The number of carbonyl (C=O) groups is 1. The van der Waals surface area contributed by atoms with Gasteiger partial charge in [0.2, 0.25) is 0 Å². The molecule has 0 rings (SSSR count). The number of aliphatic imine (C=N–C) groups is 1. The highest BCUT2D eigenvalue weighted by molar-refractivity contribution is 5.81. The van der Waals surface area contributed by atoms with Crippen LogP contribution in [-0.4, -0.2) is 88.2 Å². The summed E-state index contributed by atoms with van der Waals surface area (Å²) in [6.07, 6.45) is -2.94. The molecule has 0 aromatic rings. The number of hydrogen-bond donors (Lipinski definition) is 6. The van der Waals surface area contributed by atoms with Crippen LogP contribution in [0.25, 0.3) is 0 Å². The Morgan fingerprint density at radius 3 is 2.32 bits per heavy atom. The molecule has 6 N–H and O–H groups in total. The maximum atomic E-state index is 11.2. The summed E-state index contributed by atoms with van der Waals surface area (Å²) < 4.78 is 0. The topological polar surface area (TPSA) is 143 Å². The van der Waals surface area contributed by atoms with Gasteiger partial charge in [0.05, 0.1) is 12.6 Å². The summed E-state index contributed by atoms with van der Waals surface area (Å²) in [4.78, 5) is 15.1. The number of rotatable bonds is 12. The maximum Gasteiger partial charge on any atom is 0.146 e. The fourth-order valence-corrected chi connectivity index (χ4v) is 1.91. The van der Waals surface area contributed by atoms with Gasteiger partial charge in [-0.05, 0) is 33.2 Å². The quantitative estimate of drug-likeness (QED) is 0.178. The van der Waals surface area contributed by atoms with Crippen LogP contribution in [-0.2, 0) is 4.79 Å². The molecule has 0 aromatic heterocycles. The lowest BCUT2D eigenvalue weighted by Gasteiger charge is -2.23. The van der Waals surface area contributed by atoms with Crippen LogP contribution >= 0.6 is 0 Å². The molecule has 8 nitrogen and oxygen atoms in total. The van der Waals surface area contributed by atoms with Crippen molar-refractivity contribution >= 4 is 12.0 Å². The Labute approximate surface area is 130 Å². The van der Waals surface area contributed by atoms with E-state index in [2.05, 4.69) is 10.3 Å². The first-order valence-electron chi connectivity index (χ1n) is 7.35. The van der Waals surface area contributed by atoms with E-state index >= 15 is 0 Å². The van der Waals surface area contributed by atoms with Gasteiger partial charge in [-0.15, -0.1) is 0 Å². The molecule has 0 heterocycles. The number of aliphatic hydroxyl groups excluding tert-OH is 5. The molecule has 0 aromatic carbocycles. The van der Waals surface area contributed by atoms with Gasteiger partial charge >= 0.3 is 0 Å². The van der Waals surface area contributed by atoms with Gasteiger partial charge in [0, 0.05) is 12.8 Å². The van der Waals surface area contributed by atoms with E-state index in [0.717, 1.165) is 12.6 Å². The number of nitrogens with zero attached hydrogens (tertiary/aromatic N) is 1. The Morgan fingerprint density at radius 2 is 1.82 bits per heavy atom. The van der Waals surface area contributed by atoms with Crippen molar-refractivity contribution in [2.75, 3.05) is 20.2 Å². The monoisotopic (exact) mass is 320 g/mol. The van der Waals surface area contributed by atoms with Gasteiger partial charge in [-0.3, -0.25) is 9.79 Å². The van der Waals surface area contributed by atoms with Crippen LogP contribution < -0.4 is 5.32 Å². The van der Waals surface area contributed by atoms with Gasteiger partial charge in [-0.25, -0.2) is 0 Å². The van der Waals surface area contributed by atoms with Crippen LogP contribution in [0.2, 0.25) is 0 Å². The van der Waals surface area contributed by atoms with E-state index in [1.807, 2.05) is 0 Å². The molecule has 22 heavy (non-hydrogen) atoms. The van der Waals surface area contributed by atoms with Crippen molar-refractivity contribution in [2.45, 2.75) is 56.6 Å². The third-order valence-corrected chi connectivity index (χ3v) is 3.41. The predicted octanol–water partition coefficient (Wildman–Crippen LogP) is -2.16. The molecule has 0 radical (unpaired) electrons. The second kappa shape index (κ2) is 11.6. The fraction of sp³-hybridized carbons (Fsp3) is 0.857. The van der Waals surface area contributed by atoms with Gasteiger partial charge in [0.1, 0.15) is 30.2 Å². The second-order valence-corrected chi connectivity index (χ2v) is 5.22. The Morgan fingerprint density at radius 1 is 1.18 bits per heavy atom. The minimum absolute atomic E-state index is 0.0842. The minimum Gasteiger partial charge on any atom is -0.394 e. The van der Waals surface area contributed by atoms with E-state index in [4.69, 9.17) is 10.2 Å². The molecule has 0 saturated heterocycles. The number of unbranched alkanes of at least 4 members (excludes halogenated alkanes) is 1. The smallest absolute Gasteiger partial charge is 0.146 e. The summed E-state index contributed by atoms with van der Waals surface area (Å²) in [7, 11) is 1.73. The van der Waals surface area contributed by atoms with Crippen molar-refractivity contribution in [1.82, 2.24) is 5.32 Å². The molecule has 0 aliphatic heterocycles. The molecular formula is C14H28N2O6. The summed E-state index contributed by atoms with van der Waals surface area (Å²) in [5.41, 5.74) is 0. The van der Waals surface area contributed by atoms with Gasteiger partial charge in [0.25, 0.3) is 0 Å². The lowest BCUT2D eigenvalue weighted by molar-refractivity contribution is -0.119. The molecule has 0 aliphatic carbocycles. The lowest BCUT2D eigenvalue weighted by Crippen LogP contribution is -2.46. The zero-order chi connectivity index (χ0) is 17.1. The van der Waals surface area contributed by atoms with Gasteiger partial charge in [0.15, 0.2) is 0 Å². The highest BCUT2D eigenvalue weighted by Gasteiger charge is 2.28. The van der Waals surface area contributed by atoms with E-state index in [-0.39, 0.29) is 11.8 Å². The van der Waals surface area contributed by atoms with Crippen molar-refractivity contribution in [3.05, 3.63) is 0 Å². The highest BCUT2D eigenvalue weighted by Crippen LogP contribution is 2.05. The third kappa shape index (κ3) is 7.92. The van der Waals surface area contributed by atoms with E-state index in [9.17, 15) is 20.1 Å². The van der Waals surface area contributed by atoms with Gasteiger partial charge < -0.3 is 30.8 Å². The first-order chi connectivity index (χ1) is 10.3. The molecule has 0 spiro atoms. The van der Waals surface area contributed by atoms with Crippen LogP contribution in [0.1, 0.15) is 26.2 Å². The molecular weight excluding hydrogens is 292 g/mol. The summed E-state index contributed by atoms with van der Waals surface area (Å²) in [5.74, 6) is 0.0842. The predicted molar refractivity (Wildman–Crippen MR) is 81.9 cm³/mol. The normalized spacial score (nSPS) is 18.9. The standard InChI is InChI=1S/C14H28N2O6/c1-9(18)10(15-2)5-3-4-6-16-7-11(19)13(21)14(22)12(20)8-17/h7,10-15,17,19-22H,3-6,8H2,1-2H3/b16-7+. The average Bonchev–Trinajstić information content (AvgIpc) is 2.51. The summed E-state index contributed by atoms with van der Waals surface area (Å²) >= 11 is 0. The Balaban J connectivity index is 4.00. The van der Waals surface area contributed by atoms with Crippen molar-refractivity contribution in [3.63, 3.8) is 0 Å². The number of nitrogens with one attached hydrogen (secondary N) is 1. The van der Waals surface area contributed by atoms with Gasteiger partial charge in [-0.2, -0.15) is 0 Å². The Hall–Kier alpha value is -0.900. The average molecular weight is 320 g/mol. The molecule has 0 bridgehead atoms. The number of hydrogen-bond acceptors (Lipinski definition) is 8. The first-order valence-corrected chi connectivity index (χ1v) is 7.35. The van der Waals surface area contributed by atoms with Crippen molar-refractivity contribution in [2.24, 2.45) is 4.99 Å². The van der Waals surface area contributed by atoms with E-state index in [0.29, 0.717) is 19.4 Å². The van der Waals surface area contributed by atoms with Crippen LogP contribution in [0.15, 0.2) is 4.99 Å². The van der Waals surface area contributed by atoms with Crippen LogP contribution in [0.4, 0.5) is 0 Å². The zero-order valence-electron chi connectivity index (χ0n) is 13.1. The van der Waals surface area contributed by atoms with E-state index in [1.165, 1.54) is 6.92 Å². The Bertz CT molecular complexity index is 339. The Kier molecular flexibility index (Phi) is 11.2. The number of ketones is 1.